The highest BCUT2D eigenvalue weighted by atomic mass is 32.1. The summed E-state index contributed by atoms with van der Waals surface area (Å²) in [5.41, 5.74) is 14.0. The van der Waals surface area contributed by atoms with Gasteiger partial charge in [-0.3, -0.25) is 9.59 Å². The maximum absolute atomic E-state index is 12.8. The predicted octanol–water partition coefficient (Wildman–Crippen LogP) is 2.40. The van der Waals surface area contributed by atoms with E-state index in [0.717, 1.165) is 30.5 Å². The third-order valence-corrected chi connectivity index (χ3v) is 8.17. The van der Waals surface area contributed by atoms with Crippen LogP contribution < -0.4 is 27.1 Å². The summed E-state index contributed by atoms with van der Waals surface area (Å²) in [7, 11) is 0. The first-order chi connectivity index (χ1) is 19.0. The number of quaternary nitrogens is 1. The zero-order valence-electron chi connectivity index (χ0n) is 21.5. The molecule has 2 aliphatic rings. The molecule has 11 nitrogen and oxygen atoms in total. The fourth-order valence-electron chi connectivity index (χ4n) is 5.40. The minimum absolute atomic E-state index is 0.141. The van der Waals surface area contributed by atoms with Gasteiger partial charge in [-0.05, 0) is 41.6 Å². The normalized spacial score (nSPS) is 19.9. The number of anilines is 2. The van der Waals surface area contributed by atoms with Crippen molar-refractivity contribution in [3.05, 3.63) is 57.0 Å². The molecule has 0 spiro atoms. The molecular weight excluding hydrogens is 520 g/mol. The lowest BCUT2D eigenvalue weighted by molar-refractivity contribution is -0.427. The van der Waals surface area contributed by atoms with E-state index in [-0.39, 0.29) is 22.7 Å². The number of pyridine rings is 1. The van der Waals surface area contributed by atoms with Gasteiger partial charge in [0.2, 0.25) is 11.0 Å². The summed E-state index contributed by atoms with van der Waals surface area (Å²) < 4.78 is 21.9. The van der Waals surface area contributed by atoms with E-state index in [2.05, 4.69) is 20.4 Å². The first-order valence-corrected chi connectivity index (χ1v) is 14.0. The van der Waals surface area contributed by atoms with Crippen molar-refractivity contribution >= 4 is 40.2 Å². The van der Waals surface area contributed by atoms with Crippen LogP contribution in [0.15, 0.2) is 43.6 Å². The number of nitrogens with one attached hydrogen (secondary N) is 1. The second-order valence-electron chi connectivity index (χ2n) is 10.1. The van der Waals surface area contributed by atoms with Gasteiger partial charge in [-0.2, -0.15) is 4.37 Å². The third-order valence-electron chi connectivity index (χ3n) is 7.49. The second-order valence-corrected chi connectivity index (χ2v) is 10.7. The van der Waals surface area contributed by atoms with Crippen molar-refractivity contribution in [3.63, 3.8) is 0 Å². The Labute approximate surface area is 228 Å². The van der Waals surface area contributed by atoms with Crippen LogP contribution in [0.2, 0.25) is 0 Å². The Morgan fingerprint density at radius 1 is 1.18 bits per heavy atom. The molecule has 5 heterocycles. The predicted molar refractivity (Wildman–Crippen MR) is 147 cm³/mol. The number of furan rings is 1. The van der Waals surface area contributed by atoms with Crippen molar-refractivity contribution in [2.24, 2.45) is 5.73 Å². The number of hydrogen-bond donors (Lipinski definition) is 3. The lowest BCUT2D eigenvalue weighted by Crippen LogP contribution is -2.68. The molecule has 1 amide bonds. The molecule has 6 N–H and O–H groups in total. The monoisotopic (exact) mass is 551 g/mol. The number of morpholine rings is 1. The summed E-state index contributed by atoms with van der Waals surface area (Å²) >= 11 is 1.28. The number of rotatable bonds is 7. The Morgan fingerprint density at radius 2 is 2.00 bits per heavy atom. The molecule has 0 aromatic carbocycles. The van der Waals surface area contributed by atoms with Crippen molar-refractivity contribution in [3.8, 4) is 11.3 Å². The van der Waals surface area contributed by atoms with Gasteiger partial charge in [-0.25, -0.2) is 4.98 Å². The van der Waals surface area contributed by atoms with Crippen molar-refractivity contribution in [1.29, 1.82) is 0 Å². The first-order valence-electron chi connectivity index (χ1n) is 13.2. The Balaban J connectivity index is 1.34. The number of carbonyl (C=O) groups excluding carboxylic acids is 1. The highest BCUT2D eigenvalue weighted by Crippen LogP contribution is 2.35. The van der Waals surface area contributed by atoms with Gasteiger partial charge in [0.1, 0.15) is 18.0 Å². The fraction of sp³-hybridized carbons (Fsp3) is 0.407. The van der Waals surface area contributed by atoms with Crippen LogP contribution in [0.25, 0.3) is 22.4 Å². The van der Waals surface area contributed by atoms with Crippen molar-refractivity contribution in [2.45, 2.75) is 44.2 Å². The third kappa shape index (κ3) is 5.14. The zero-order chi connectivity index (χ0) is 26.9. The van der Waals surface area contributed by atoms with E-state index in [1.165, 1.54) is 30.3 Å². The van der Waals surface area contributed by atoms with E-state index in [1.807, 2.05) is 16.3 Å². The van der Waals surface area contributed by atoms with E-state index in [1.54, 1.807) is 6.20 Å². The van der Waals surface area contributed by atoms with E-state index in [4.69, 9.17) is 19.3 Å². The second kappa shape index (κ2) is 10.8. The molecule has 0 radical (unpaired) electrons. The molecule has 4 aromatic heterocycles. The van der Waals surface area contributed by atoms with E-state index in [9.17, 15) is 9.59 Å². The number of aromatic nitrogens is 2. The highest BCUT2D eigenvalue weighted by Gasteiger charge is 2.26. The molecule has 1 aliphatic heterocycles. The minimum atomic E-state index is -0.594. The summed E-state index contributed by atoms with van der Waals surface area (Å²) in [4.78, 5) is 31.5. The van der Waals surface area contributed by atoms with Gasteiger partial charge in [0.25, 0.3) is 5.91 Å². The van der Waals surface area contributed by atoms with Crippen LogP contribution >= 0.6 is 11.5 Å². The van der Waals surface area contributed by atoms with Crippen LogP contribution in [-0.4, -0.2) is 53.7 Å². The van der Waals surface area contributed by atoms with Gasteiger partial charge in [0, 0.05) is 31.3 Å². The lowest BCUT2D eigenvalue weighted by atomic mass is 9.91. The quantitative estimate of drug-likeness (QED) is 0.313. The number of ether oxygens (including phenoxy) is 1. The first kappa shape index (κ1) is 25.5. The Hall–Kier alpha value is -3.74. The Kier molecular flexibility index (Phi) is 7.07. The van der Waals surface area contributed by atoms with Gasteiger partial charge >= 0.3 is 0 Å². The van der Waals surface area contributed by atoms with Crippen molar-refractivity contribution in [2.75, 3.05) is 36.5 Å². The number of fused-ring (bicyclic) bond motifs is 1. The van der Waals surface area contributed by atoms with Crippen LogP contribution in [0.4, 0.5) is 11.6 Å². The molecule has 0 unspecified atom stereocenters. The molecule has 204 valence electrons. The van der Waals surface area contributed by atoms with Gasteiger partial charge < -0.3 is 35.3 Å². The van der Waals surface area contributed by atoms with Crippen LogP contribution in [0.5, 0.6) is 0 Å². The number of hydrogen-bond acceptors (Lipinski definition) is 10. The molecule has 6 rings (SSSR count). The van der Waals surface area contributed by atoms with Gasteiger partial charge in [-0.15, -0.1) is 0 Å². The maximum atomic E-state index is 12.8. The summed E-state index contributed by atoms with van der Waals surface area (Å²) in [6.45, 7) is 2.40. The molecule has 39 heavy (non-hydrogen) atoms. The van der Waals surface area contributed by atoms with Crippen LogP contribution in [0.1, 0.15) is 47.3 Å². The summed E-state index contributed by atoms with van der Waals surface area (Å²) in [5.74, 6) is -0.121. The van der Waals surface area contributed by atoms with Crippen LogP contribution in [-0.2, 0) is 11.2 Å². The molecular formula is C27H31N6O5S+. The largest absolute Gasteiger partial charge is 0.456 e. The standard InChI is InChI=1S/C27H30N6O5S/c28-19-3-1-2-4-20(19)31-17-10-15(24(27(29)35)30-12-17)9-16-14-39-32-23(16)18-13-37-26-21(34)11-22(38-25(18)26)33-5-7-36-8-6-33/h10-14,19-20,31H,1-9,28H2,(H2,29,35)/p+1/t19-,20+/m1/s1. The van der Waals surface area contributed by atoms with E-state index in [0.29, 0.717) is 67.1 Å². The minimum Gasteiger partial charge on any atom is -0.456 e. The molecule has 1 aliphatic carbocycles. The average molecular weight is 552 g/mol. The summed E-state index contributed by atoms with van der Waals surface area (Å²) in [5, 5.41) is 5.47. The molecule has 1 saturated heterocycles. The maximum Gasteiger partial charge on any atom is 0.267 e. The number of carbonyl (C=O) groups is 1. The number of nitrogens with two attached hydrogens (primary N) is 1. The number of nitrogens with zero attached hydrogens (tertiary/aromatic N) is 3. The SMILES string of the molecule is NC(=O)c1ncc(N[C@H]2CCCC[C@H]2[NH3+])cc1Cc1csnc1-c1coc2c(=O)cc(N3CCOCC3)oc12. The molecule has 0 bridgehead atoms. The smallest absolute Gasteiger partial charge is 0.267 e. The van der Waals surface area contributed by atoms with E-state index < -0.39 is 5.91 Å². The number of primary amides is 1. The molecule has 1 saturated carbocycles. The molecule has 12 heteroatoms. The van der Waals surface area contributed by atoms with Crippen LogP contribution in [0.3, 0.4) is 0 Å². The topological polar surface area (TPSA) is 164 Å². The summed E-state index contributed by atoms with van der Waals surface area (Å²) in [6, 6.07) is 3.96. The van der Waals surface area contributed by atoms with Crippen molar-refractivity contribution in [1.82, 2.24) is 9.36 Å². The van der Waals surface area contributed by atoms with Gasteiger partial charge in [0.15, 0.2) is 11.5 Å². The van der Waals surface area contributed by atoms with Gasteiger partial charge in [0.05, 0.1) is 48.5 Å². The average Bonchev–Trinajstić information content (AvgIpc) is 3.57. The summed E-state index contributed by atoms with van der Waals surface area (Å²) in [6.07, 6.45) is 8.01. The van der Waals surface area contributed by atoms with Gasteiger partial charge in [-0.1, -0.05) is 6.42 Å². The molecule has 2 fully saturated rings. The van der Waals surface area contributed by atoms with Crippen LogP contribution in [0, 0.1) is 0 Å². The Bertz CT molecular complexity index is 1560. The molecule has 4 aromatic rings. The van der Waals surface area contributed by atoms with Crippen molar-refractivity contribution < 1.29 is 24.1 Å². The Morgan fingerprint density at radius 3 is 2.79 bits per heavy atom. The fourth-order valence-corrected chi connectivity index (χ4v) is 6.10. The van der Waals surface area contributed by atoms with E-state index >= 15 is 0 Å². The molecule has 2 atom stereocenters. The lowest BCUT2D eigenvalue weighted by Gasteiger charge is -2.27. The number of amides is 1. The zero-order valence-corrected chi connectivity index (χ0v) is 22.3. The highest BCUT2D eigenvalue weighted by molar-refractivity contribution is 7.04.